The predicted octanol–water partition coefficient (Wildman–Crippen LogP) is 1.56. The summed E-state index contributed by atoms with van der Waals surface area (Å²) in [5.41, 5.74) is 0.957. The zero-order chi connectivity index (χ0) is 13.7. The van der Waals surface area contributed by atoms with Crippen LogP contribution in [0.2, 0.25) is 0 Å². The summed E-state index contributed by atoms with van der Waals surface area (Å²) < 4.78 is 4.82. The Labute approximate surface area is 117 Å². The van der Waals surface area contributed by atoms with Gasteiger partial charge in [-0.25, -0.2) is 9.97 Å². The van der Waals surface area contributed by atoms with Crippen LogP contribution in [-0.2, 0) is 9.53 Å². The van der Waals surface area contributed by atoms with Gasteiger partial charge in [0.25, 0.3) is 0 Å². The molecule has 1 unspecified atom stereocenters. The average molecular weight is 281 g/mol. The first-order valence-electron chi connectivity index (χ1n) is 6.45. The van der Waals surface area contributed by atoms with Crippen molar-refractivity contribution in [1.29, 1.82) is 0 Å². The first kappa shape index (κ1) is 14.3. The highest BCUT2D eigenvalue weighted by Gasteiger charge is 2.28. The third kappa shape index (κ3) is 4.80. The maximum Gasteiger partial charge on any atom is 0.322 e. The van der Waals surface area contributed by atoms with E-state index in [4.69, 9.17) is 4.74 Å². The van der Waals surface area contributed by atoms with Crippen LogP contribution in [0.3, 0.4) is 0 Å². The van der Waals surface area contributed by atoms with Crippen LogP contribution in [0.5, 0.6) is 0 Å². The minimum atomic E-state index is -0.213. The van der Waals surface area contributed by atoms with Crippen LogP contribution in [0.1, 0.15) is 25.0 Å². The summed E-state index contributed by atoms with van der Waals surface area (Å²) in [5, 5.41) is 4.07. The minimum absolute atomic E-state index is 0.183. The number of esters is 1. The molecule has 104 valence electrons. The van der Waals surface area contributed by atoms with Gasteiger partial charge in [0, 0.05) is 23.7 Å². The van der Waals surface area contributed by atoms with Crippen molar-refractivity contribution in [3.63, 3.8) is 0 Å². The minimum Gasteiger partial charge on any atom is -0.468 e. The molecule has 0 saturated heterocycles. The number of hydrogen-bond acceptors (Lipinski definition) is 6. The van der Waals surface area contributed by atoms with E-state index in [1.54, 1.807) is 18.0 Å². The summed E-state index contributed by atoms with van der Waals surface area (Å²) in [6, 6.07) is 2.15. The Bertz CT molecular complexity index is 438. The van der Waals surface area contributed by atoms with Crippen LogP contribution < -0.4 is 5.32 Å². The number of ether oxygens (including phenoxy) is 1. The summed E-state index contributed by atoms with van der Waals surface area (Å²) in [6.07, 6.45) is 4.79. The lowest BCUT2D eigenvalue weighted by Gasteiger charge is -2.15. The lowest BCUT2D eigenvalue weighted by Crippen LogP contribution is -2.39. The van der Waals surface area contributed by atoms with Crippen molar-refractivity contribution in [1.82, 2.24) is 15.3 Å². The van der Waals surface area contributed by atoms with Gasteiger partial charge >= 0.3 is 5.97 Å². The molecule has 0 spiro atoms. The molecule has 0 amide bonds. The normalized spacial score (nSPS) is 16.1. The number of carbonyl (C=O) groups is 1. The van der Waals surface area contributed by atoms with Crippen molar-refractivity contribution in [3.8, 4) is 0 Å². The summed E-state index contributed by atoms with van der Waals surface area (Å²) >= 11 is 1.57. The molecule has 0 bridgehead atoms. The van der Waals surface area contributed by atoms with Crippen molar-refractivity contribution >= 4 is 17.7 Å². The largest absolute Gasteiger partial charge is 0.468 e. The first-order chi connectivity index (χ1) is 9.19. The van der Waals surface area contributed by atoms with Crippen molar-refractivity contribution in [3.05, 3.63) is 18.0 Å². The molecule has 19 heavy (non-hydrogen) atoms. The SMILES string of the molecule is COC(=O)C(CCSc1nccc(C)n1)NC1CC1. The number of rotatable bonds is 7. The fourth-order valence-electron chi connectivity index (χ4n) is 1.71. The molecule has 0 aromatic carbocycles. The topological polar surface area (TPSA) is 64.1 Å². The second-order valence-corrected chi connectivity index (χ2v) is 5.70. The van der Waals surface area contributed by atoms with Gasteiger partial charge in [-0.05, 0) is 32.3 Å². The Balaban J connectivity index is 1.79. The molecule has 1 aliphatic carbocycles. The molecule has 6 heteroatoms. The fraction of sp³-hybridized carbons (Fsp3) is 0.615. The van der Waals surface area contributed by atoms with E-state index < -0.39 is 0 Å². The molecule has 5 nitrogen and oxygen atoms in total. The molecule has 1 atom stereocenters. The van der Waals surface area contributed by atoms with E-state index in [2.05, 4.69) is 15.3 Å². The Morgan fingerprint density at radius 1 is 1.63 bits per heavy atom. The number of nitrogens with zero attached hydrogens (tertiary/aromatic N) is 2. The van der Waals surface area contributed by atoms with Crippen LogP contribution >= 0.6 is 11.8 Å². The Morgan fingerprint density at radius 2 is 2.42 bits per heavy atom. The maximum absolute atomic E-state index is 11.6. The van der Waals surface area contributed by atoms with E-state index in [-0.39, 0.29) is 12.0 Å². The summed E-state index contributed by atoms with van der Waals surface area (Å²) in [5.74, 6) is 0.612. The van der Waals surface area contributed by atoms with Crippen molar-refractivity contribution in [2.75, 3.05) is 12.9 Å². The molecular weight excluding hydrogens is 262 g/mol. The van der Waals surface area contributed by atoms with E-state index >= 15 is 0 Å². The van der Waals surface area contributed by atoms with Crippen molar-refractivity contribution in [2.24, 2.45) is 0 Å². The number of aryl methyl sites for hydroxylation is 1. The van der Waals surface area contributed by atoms with Crippen LogP contribution in [0, 0.1) is 6.92 Å². The van der Waals surface area contributed by atoms with E-state index in [0.717, 1.165) is 35.9 Å². The van der Waals surface area contributed by atoms with Crippen LogP contribution in [0.4, 0.5) is 0 Å². The number of nitrogens with one attached hydrogen (secondary N) is 1. The monoisotopic (exact) mass is 281 g/mol. The highest BCUT2D eigenvalue weighted by Crippen LogP contribution is 2.21. The van der Waals surface area contributed by atoms with E-state index in [1.807, 2.05) is 13.0 Å². The fourth-order valence-corrected chi connectivity index (χ4v) is 2.59. The molecule has 0 aliphatic heterocycles. The van der Waals surface area contributed by atoms with Gasteiger partial charge in [0.2, 0.25) is 0 Å². The summed E-state index contributed by atoms with van der Waals surface area (Å²) in [7, 11) is 1.43. The second-order valence-electron chi connectivity index (χ2n) is 4.63. The molecule has 2 rings (SSSR count). The predicted molar refractivity (Wildman–Crippen MR) is 74.1 cm³/mol. The van der Waals surface area contributed by atoms with Gasteiger partial charge in [-0.3, -0.25) is 4.79 Å². The standard InChI is InChI=1S/C13H19N3O2S/c1-9-5-7-14-13(15-9)19-8-6-11(12(17)18-2)16-10-3-4-10/h5,7,10-11,16H,3-4,6,8H2,1-2H3. The number of hydrogen-bond donors (Lipinski definition) is 1. The molecule has 1 aromatic heterocycles. The Hall–Kier alpha value is -1.14. The molecule has 1 aromatic rings. The zero-order valence-electron chi connectivity index (χ0n) is 11.3. The van der Waals surface area contributed by atoms with Gasteiger partial charge in [0.15, 0.2) is 5.16 Å². The first-order valence-corrected chi connectivity index (χ1v) is 7.44. The quantitative estimate of drug-likeness (QED) is 0.465. The Morgan fingerprint density at radius 3 is 3.05 bits per heavy atom. The zero-order valence-corrected chi connectivity index (χ0v) is 12.1. The smallest absolute Gasteiger partial charge is 0.322 e. The van der Waals surface area contributed by atoms with Gasteiger partial charge in [-0.1, -0.05) is 11.8 Å². The summed E-state index contributed by atoms with van der Waals surface area (Å²) in [6.45, 7) is 1.94. The van der Waals surface area contributed by atoms with Gasteiger partial charge in [-0.15, -0.1) is 0 Å². The third-order valence-corrected chi connectivity index (χ3v) is 3.81. The lowest BCUT2D eigenvalue weighted by molar-refractivity contribution is -0.143. The molecule has 1 heterocycles. The number of aromatic nitrogens is 2. The van der Waals surface area contributed by atoms with Gasteiger partial charge in [-0.2, -0.15) is 0 Å². The van der Waals surface area contributed by atoms with Crippen molar-refractivity contribution < 1.29 is 9.53 Å². The number of methoxy groups -OCH3 is 1. The van der Waals surface area contributed by atoms with E-state index in [0.29, 0.717) is 6.04 Å². The van der Waals surface area contributed by atoms with E-state index in [1.165, 1.54) is 7.11 Å². The van der Waals surface area contributed by atoms with Crippen LogP contribution in [0.25, 0.3) is 0 Å². The summed E-state index contributed by atoms with van der Waals surface area (Å²) in [4.78, 5) is 20.2. The van der Waals surface area contributed by atoms with Gasteiger partial charge < -0.3 is 10.1 Å². The van der Waals surface area contributed by atoms with Gasteiger partial charge in [0.05, 0.1) is 7.11 Å². The highest BCUT2D eigenvalue weighted by molar-refractivity contribution is 7.99. The Kier molecular flexibility index (Phi) is 5.15. The number of thioether (sulfide) groups is 1. The second kappa shape index (κ2) is 6.86. The van der Waals surface area contributed by atoms with Gasteiger partial charge in [0.1, 0.15) is 6.04 Å². The molecular formula is C13H19N3O2S. The van der Waals surface area contributed by atoms with Crippen LogP contribution in [-0.4, -0.2) is 40.9 Å². The van der Waals surface area contributed by atoms with Crippen molar-refractivity contribution in [2.45, 2.75) is 43.4 Å². The number of carbonyl (C=O) groups excluding carboxylic acids is 1. The molecule has 1 N–H and O–H groups in total. The molecule has 1 fully saturated rings. The molecule has 0 radical (unpaired) electrons. The maximum atomic E-state index is 11.6. The van der Waals surface area contributed by atoms with E-state index in [9.17, 15) is 4.79 Å². The lowest BCUT2D eigenvalue weighted by atomic mass is 10.2. The average Bonchev–Trinajstić information content (AvgIpc) is 3.21. The molecule has 1 aliphatic rings. The third-order valence-electron chi connectivity index (χ3n) is 2.91. The molecule has 1 saturated carbocycles. The van der Waals surface area contributed by atoms with Crippen LogP contribution in [0.15, 0.2) is 17.4 Å². The highest BCUT2D eigenvalue weighted by atomic mass is 32.2.